The molecule has 3 N–H and O–H groups in total. The van der Waals surface area contributed by atoms with Gasteiger partial charge in [-0.1, -0.05) is 13.8 Å². The molecule has 0 saturated heterocycles. The van der Waals surface area contributed by atoms with Crippen molar-refractivity contribution in [1.29, 1.82) is 0 Å². The number of hydrogen-bond donors (Lipinski definition) is 2. The van der Waals surface area contributed by atoms with Crippen LogP contribution < -0.4 is 11.3 Å². The van der Waals surface area contributed by atoms with Gasteiger partial charge in [0.1, 0.15) is 12.1 Å². The van der Waals surface area contributed by atoms with Crippen LogP contribution in [0.15, 0.2) is 22.5 Å². The summed E-state index contributed by atoms with van der Waals surface area (Å²) in [5.41, 5.74) is 13.4. The minimum Gasteiger partial charge on any atom is -0.400 e. The standard InChI is InChI=1S/C27H35FN2O3.CH4O/c1-7-19(13-31)21-10-17(4)30(27(32)22(21)14-33-6)12-16(3)25-15(2)8-9-20-18(5)23(28)11-24(29)26(20)25;1-2/h10-11,13,15,19H,7-9,12,14,29H2,1-6H3;2H,1H3/b25-16+;. The molecule has 1 aromatic heterocycles. The fourth-order valence-electron chi connectivity index (χ4n) is 5.20. The van der Waals surface area contributed by atoms with Crippen LogP contribution in [-0.4, -0.2) is 30.2 Å². The summed E-state index contributed by atoms with van der Waals surface area (Å²) in [4.78, 5) is 25.1. The molecule has 0 radical (unpaired) electrons. The van der Waals surface area contributed by atoms with Crippen LogP contribution in [0.3, 0.4) is 0 Å². The zero-order valence-corrected chi connectivity index (χ0v) is 22.0. The van der Waals surface area contributed by atoms with Crippen molar-refractivity contribution < 1.29 is 19.0 Å². The van der Waals surface area contributed by atoms with Gasteiger partial charge in [-0.3, -0.25) is 4.79 Å². The number of anilines is 1. The molecule has 1 aromatic carbocycles. The van der Waals surface area contributed by atoms with Gasteiger partial charge in [-0.2, -0.15) is 0 Å². The highest BCUT2D eigenvalue weighted by atomic mass is 19.1. The summed E-state index contributed by atoms with van der Waals surface area (Å²) in [5, 5.41) is 7.00. The van der Waals surface area contributed by atoms with Crippen LogP contribution in [0, 0.1) is 25.6 Å². The molecule has 1 aliphatic rings. The Bertz CT molecular complexity index is 1170. The van der Waals surface area contributed by atoms with E-state index in [2.05, 4.69) is 6.92 Å². The van der Waals surface area contributed by atoms with E-state index in [9.17, 15) is 14.0 Å². The molecule has 0 amide bonds. The number of rotatable bonds is 7. The predicted octanol–water partition coefficient (Wildman–Crippen LogP) is 4.69. The Labute approximate surface area is 207 Å². The average Bonchev–Trinajstić information content (AvgIpc) is 2.84. The number of nitrogens with zero attached hydrogens (tertiary/aromatic N) is 1. The number of aldehydes is 1. The number of ether oxygens (including phenoxy) is 1. The second kappa shape index (κ2) is 12.3. The van der Waals surface area contributed by atoms with Crippen molar-refractivity contribution in [3.63, 3.8) is 0 Å². The number of halogens is 1. The number of nitrogen functional groups attached to an aromatic ring is 1. The van der Waals surface area contributed by atoms with Crippen LogP contribution in [0.2, 0.25) is 0 Å². The number of aryl methyl sites for hydroxylation is 1. The van der Waals surface area contributed by atoms with E-state index in [4.69, 9.17) is 15.6 Å². The molecule has 1 heterocycles. The van der Waals surface area contributed by atoms with E-state index in [0.29, 0.717) is 29.8 Å². The SMILES string of the molecule is CCC(C=O)c1cc(C)n(C/C(C)=C2/c3c(N)cc(F)c(C)c3CCC2C)c(=O)c1COC.CO. The van der Waals surface area contributed by atoms with Gasteiger partial charge >= 0.3 is 0 Å². The van der Waals surface area contributed by atoms with E-state index in [-0.39, 0.29) is 29.8 Å². The number of methoxy groups -OCH3 is 1. The van der Waals surface area contributed by atoms with Gasteiger partial charge < -0.3 is 24.9 Å². The van der Waals surface area contributed by atoms with Crippen LogP contribution in [0.4, 0.5) is 10.1 Å². The van der Waals surface area contributed by atoms with Crippen LogP contribution in [-0.2, 0) is 29.1 Å². The Morgan fingerprint density at radius 2 is 2.00 bits per heavy atom. The van der Waals surface area contributed by atoms with E-state index in [1.807, 2.05) is 26.8 Å². The fraction of sp³-hybridized carbons (Fsp3) is 0.500. The molecule has 0 spiro atoms. The van der Waals surface area contributed by atoms with Gasteiger partial charge in [-0.05, 0) is 85.9 Å². The molecular weight excluding hydrogens is 447 g/mol. The number of aromatic nitrogens is 1. The lowest BCUT2D eigenvalue weighted by atomic mass is 9.76. The molecule has 6 nitrogen and oxygen atoms in total. The van der Waals surface area contributed by atoms with Crippen molar-refractivity contribution in [1.82, 2.24) is 4.57 Å². The van der Waals surface area contributed by atoms with Crippen molar-refractivity contribution in [3.05, 3.63) is 67.4 Å². The third-order valence-corrected chi connectivity index (χ3v) is 7.06. The number of carbonyl (C=O) groups is 1. The highest BCUT2D eigenvalue weighted by Crippen LogP contribution is 2.42. The van der Waals surface area contributed by atoms with Crippen molar-refractivity contribution in [2.24, 2.45) is 5.92 Å². The van der Waals surface area contributed by atoms with Crippen molar-refractivity contribution in [2.75, 3.05) is 20.0 Å². The van der Waals surface area contributed by atoms with Gasteiger partial charge in [0.15, 0.2) is 0 Å². The molecule has 2 aromatic rings. The Balaban J connectivity index is 0.00000210. The van der Waals surface area contributed by atoms with Gasteiger partial charge in [0.2, 0.25) is 0 Å². The van der Waals surface area contributed by atoms with Gasteiger partial charge in [0.25, 0.3) is 5.56 Å². The summed E-state index contributed by atoms with van der Waals surface area (Å²) in [7, 11) is 2.55. The highest BCUT2D eigenvalue weighted by Gasteiger charge is 2.28. The maximum atomic E-state index is 14.3. The number of allylic oxidation sites excluding steroid dienone is 2. The molecular formula is C28H39FN2O4. The molecule has 7 heteroatoms. The second-order valence-electron chi connectivity index (χ2n) is 9.25. The third-order valence-electron chi connectivity index (χ3n) is 7.06. The zero-order chi connectivity index (χ0) is 26.4. The monoisotopic (exact) mass is 486 g/mol. The van der Waals surface area contributed by atoms with Crippen molar-refractivity contribution >= 4 is 17.5 Å². The van der Waals surface area contributed by atoms with Crippen molar-refractivity contribution in [3.8, 4) is 0 Å². The summed E-state index contributed by atoms with van der Waals surface area (Å²) in [5.74, 6) is -0.359. The topological polar surface area (TPSA) is 94.6 Å². The van der Waals surface area contributed by atoms with E-state index in [0.717, 1.165) is 59.8 Å². The number of nitrogens with two attached hydrogens (primary N) is 1. The van der Waals surface area contributed by atoms with Crippen LogP contribution in [0.5, 0.6) is 0 Å². The smallest absolute Gasteiger partial charge is 0.256 e. The van der Waals surface area contributed by atoms with E-state index in [1.165, 1.54) is 6.07 Å². The Kier molecular flexibility index (Phi) is 9.98. The average molecular weight is 487 g/mol. The van der Waals surface area contributed by atoms with Gasteiger partial charge in [0, 0.05) is 49.2 Å². The summed E-state index contributed by atoms with van der Waals surface area (Å²) < 4.78 is 21.4. The first-order valence-electron chi connectivity index (χ1n) is 12.1. The third kappa shape index (κ3) is 5.57. The van der Waals surface area contributed by atoms with Crippen LogP contribution >= 0.6 is 0 Å². The lowest BCUT2D eigenvalue weighted by Crippen LogP contribution is -2.29. The minimum absolute atomic E-state index is 0.140. The molecule has 35 heavy (non-hydrogen) atoms. The Hall–Kier alpha value is -2.77. The van der Waals surface area contributed by atoms with E-state index >= 15 is 0 Å². The molecule has 0 aliphatic heterocycles. The number of hydrogen-bond acceptors (Lipinski definition) is 5. The number of aliphatic hydroxyl groups excluding tert-OH is 1. The molecule has 3 rings (SSSR count). The summed E-state index contributed by atoms with van der Waals surface area (Å²) in [6, 6.07) is 3.34. The van der Waals surface area contributed by atoms with Gasteiger partial charge in [-0.15, -0.1) is 0 Å². The maximum Gasteiger partial charge on any atom is 0.256 e. The summed E-state index contributed by atoms with van der Waals surface area (Å²) >= 11 is 0. The first-order chi connectivity index (χ1) is 16.7. The summed E-state index contributed by atoms with van der Waals surface area (Å²) in [6.07, 6.45) is 3.21. The first kappa shape index (κ1) is 28.5. The number of aliphatic hydroxyl groups is 1. The number of carbonyl (C=O) groups excluding carboxylic acids is 1. The van der Waals surface area contributed by atoms with Gasteiger partial charge in [-0.25, -0.2) is 4.39 Å². The van der Waals surface area contributed by atoms with Gasteiger partial charge in [0.05, 0.1) is 6.61 Å². The molecule has 0 bridgehead atoms. The Morgan fingerprint density at radius 1 is 1.34 bits per heavy atom. The molecule has 2 atom stereocenters. The summed E-state index contributed by atoms with van der Waals surface area (Å²) in [6.45, 7) is 10.4. The molecule has 1 aliphatic carbocycles. The molecule has 0 fully saturated rings. The number of pyridine rings is 1. The first-order valence-corrected chi connectivity index (χ1v) is 12.1. The van der Waals surface area contributed by atoms with E-state index in [1.54, 1.807) is 18.6 Å². The predicted molar refractivity (Wildman–Crippen MR) is 139 cm³/mol. The molecule has 0 saturated carbocycles. The molecule has 2 unspecified atom stereocenters. The highest BCUT2D eigenvalue weighted by molar-refractivity contribution is 5.82. The second-order valence-corrected chi connectivity index (χ2v) is 9.25. The largest absolute Gasteiger partial charge is 0.400 e. The quantitative estimate of drug-likeness (QED) is 0.437. The maximum absolute atomic E-state index is 14.3. The Morgan fingerprint density at radius 3 is 2.57 bits per heavy atom. The lowest BCUT2D eigenvalue weighted by Gasteiger charge is -2.30. The normalized spacial score (nSPS) is 17.2. The number of fused-ring (bicyclic) bond motifs is 1. The fourth-order valence-corrected chi connectivity index (χ4v) is 5.20. The lowest BCUT2D eigenvalue weighted by molar-refractivity contribution is -0.109. The minimum atomic E-state index is -0.335. The zero-order valence-electron chi connectivity index (χ0n) is 22.0. The van der Waals surface area contributed by atoms with E-state index < -0.39 is 0 Å². The number of benzene rings is 1. The van der Waals surface area contributed by atoms with Crippen molar-refractivity contribution in [2.45, 2.75) is 73.0 Å². The molecule has 192 valence electrons. The van der Waals surface area contributed by atoms with Crippen LogP contribution in [0.1, 0.15) is 73.0 Å². The van der Waals surface area contributed by atoms with Crippen LogP contribution in [0.25, 0.3) is 5.57 Å².